The Morgan fingerprint density at radius 3 is 1.51 bits per heavy atom. The van der Waals surface area contributed by atoms with Gasteiger partial charge in [0.05, 0.1) is 5.56 Å². The molecule has 0 radical (unpaired) electrons. The Morgan fingerprint density at radius 2 is 0.956 bits per heavy atom. The Labute approximate surface area is 342 Å². The van der Waals surface area contributed by atoms with Crippen molar-refractivity contribution < 1.29 is 9.90 Å². The molecule has 1 N–H and O–H groups in total. The van der Waals surface area contributed by atoms with E-state index in [1.165, 1.54) is 62.4 Å². The molecule has 0 bridgehead atoms. The maximum atomic E-state index is 13.6. The van der Waals surface area contributed by atoms with Crippen LogP contribution in [0.15, 0.2) is 78.9 Å². The molecular weight excluding hydrogens is 1240 g/mol. The summed E-state index contributed by atoms with van der Waals surface area (Å²) in [5.74, 6) is -0.896. The number of rotatable bonds is 3. The predicted molar refractivity (Wildman–Crippen MR) is 235 cm³/mol. The van der Waals surface area contributed by atoms with Crippen LogP contribution in [0, 0.1) is 21.4 Å². The van der Waals surface area contributed by atoms with E-state index >= 15 is 0 Å². The van der Waals surface area contributed by atoms with Crippen LogP contribution in [0.4, 0.5) is 0 Å². The van der Waals surface area contributed by atoms with E-state index in [2.05, 4.69) is 196 Å². The first-order chi connectivity index (χ1) is 21.7. The molecule has 0 fully saturated rings. The van der Waals surface area contributed by atoms with Gasteiger partial charge in [-0.2, -0.15) is 0 Å². The highest BCUT2D eigenvalue weighted by Gasteiger charge is 2.35. The highest BCUT2D eigenvalue weighted by molar-refractivity contribution is 14.1. The molecular formula is C37H18I6O2. The summed E-state index contributed by atoms with van der Waals surface area (Å²) < 4.78 is 7.15. The minimum atomic E-state index is -0.896. The summed E-state index contributed by atoms with van der Waals surface area (Å²) in [4.78, 5) is 13.6. The Hall–Kier alpha value is -0.570. The molecule has 8 rings (SSSR count). The van der Waals surface area contributed by atoms with Gasteiger partial charge >= 0.3 is 5.97 Å². The van der Waals surface area contributed by atoms with Crippen LogP contribution in [-0.4, -0.2) is 11.1 Å². The molecule has 8 heteroatoms. The number of carboxylic acids is 1. The SMILES string of the molecule is O=C(O)c1c(-c2c(I)c(I)c(I)c3c2Cc2ccccc2-3)c(-c2c(I)c(I)c(I)c3c2Cc2ccccc2-3)cc2ccccc12. The first kappa shape index (κ1) is 31.7. The van der Waals surface area contributed by atoms with Crippen LogP contribution in [0.2, 0.25) is 0 Å². The minimum Gasteiger partial charge on any atom is -0.478 e. The van der Waals surface area contributed by atoms with Crippen molar-refractivity contribution in [3.8, 4) is 44.5 Å². The fourth-order valence-corrected chi connectivity index (χ4v) is 12.7. The van der Waals surface area contributed by atoms with Gasteiger partial charge < -0.3 is 5.11 Å². The van der Waals surface area contributed by atoms with Crippen molar-refractivity contribution in [3.63, 3.8) is 0 Å². The van der Waals surface area contributed by atoms with Crippen LogP contribution in [0.1, 0.15) is 32.6 Å². The molecule has 2 aliphatic rings. The third-order valence-corrected chi connectivity index (χ3v) is 19.5. The van der Waals surface area contributed by atoms with Crippen LogP contribution in [-0.2, 0) is 12.8 Å². The van der Waals surface area contributed by atoms with Gasteiger partial charge in [0.15, 0.2) is 0 Å². The highest BCUT2D eigenvalue weighted by Crippen LogP contribution is 2.55. The van der Waals surface area contributed by atoms with Gasteiger partial charge in [-0.3, -0.25) is 0 Å². The average molecular weight is 1260 g/mol. The second kappa shape index (κ2) is 12.1. The quantitative estimate of drug-likeness (QED) is 0.141. The summed E-state index contributed by atoms with van der Waals surface area (Å²) in [6, 6.07) is 27.6. The number of hydrogen-bond donors (Lipinski definition) is 1. The van der Waals surface area contributed by atoms with E-state index in [9.17, 15) is 9.90 Å². The summed E-state index contributed by atoms with van der Waals surface area (Å²) >= 11 is 14.9. The number of benzene rings is 6. The lowest BCUT2D eigenvalue weighted by atomic mass is 9.82. The van der Waals surface area contributed by atoms with Crippen molar-refractivity contribution in [2.75, 3.05) is 0 Å². The second-order valence-electron chi connectivity index (χ2n) is 11.2. The van der Waals surface area contributed by atoms with E-state index in [0.29, 0.717) is 5.56 Å². The van der Waals surface area contributed by atoms with Gasteiger partial charge in [-0.25, -0.2) is 4.79 Å². The minimum absolute atomic E-state index is 0.379. The Morgan fingerprint density at radius 1 is 0.511 bits per heavy atom. The number of halogens is 6. The number of fused-ring (bicyclic) bond motifs is 7. The zero-order valence-electron chi connectivity index (χ0n) is 23.0. The molecule has 0 aromatic heterocycles. The van der Waals surface area contributed by atoms with Gasteiger partial charge in [-0.05, 0) is 204 Å². The largest absolute Gasteiger partial charge is 0.478 e. The van der Waals surface area contributed by atoms with E-state index in [-0.39, 0.29) is 0 Å². The van der Waals surface area contributed by atoms with Gasteiger partial charge in [-0.1, -0.05) is 72.8 Å². The summed E-state index contributed by atoms with van der Waals surface area (Å²) in [7, 11) is 0. The van der Waals surface area contributed by atoms with E-state index in [1.807, 2.05) is 18.2 Å². The molecule has 220 valence electrons. The van der Waals surface area contributed by atoms with Crippen molar-refractivity contribution in [1.29, 1.82) is 0 Å². The number of aromatic carboxylic acids is 1. The van der Waals surface area contributed by atoms with Gasteiger partial charge in [0.25, 0.3) is 0 Å². The molecule has 0 spiro atoms. The Kier molecular flexibility index (Phi) is 8.51. The molecule has 6 aromatic carbocycles. The van der Waals surface area contributed by atoms with Crippen LogP contribution in [0.25, 0.3) is 55.3 Å². The van der Waals surface area contributed by atoms with Gasteiger partial charge in [0.1, 0.15) is 0 Å². The lowest BCUT2D eigenvalue weighted by Gasteiger charge is -2.24. The Balaban J connectivity index is 1.58. The van der Waals surface area contributed by atoms with E-state index in [0.717, 1.165) is 49.4 Å². The molecule has 6 aromatic rings. The van der Waals surface area contributed by atoms with Crippen molar-refractivity contribution in [1.82, 2.24) is 0 Å². The molecule has 0 atom stereocenters. The number of carboxylic acid groups (broad SMARTS) is 1. The predicted octanol–water partition coefficient (Wildman–Crippen LogP) is 12.6. The normalized spacial score (nSPS) is 12.7. The lowest BCUT2D eigenvalue weighted by Crippen LogP contribution is -2.09. The zero-order chi connectivity index (χ0) is 31.3. The first-order valence-corrected chi connectivity index (χ1v) is 20.5. The average Bonchev–Trinajstić information content (AvgIpc) is 3.61. The lowest BCUT2D eigenvalue weighted by molar-refractivity contribution is 0.0700. The van der Waals surface area contributed by atoms with Crippen molar-refractivity contribution in [3.05, 3.63) is 128 Å². The van der Waals surface area contributed by atoms with Crippen LogP contribution in [0.5, 0.6) is 0 Å². The maximum absolute atomic E-state index is 13.6. The first-order valence-electron chi connectivity index (χ1n) is 14.0. The molecule has 0 saturated carbocycles. The monoisotopic (exact) mass is 1260 g/mol. The Bertz CT molecular complexity index is 2320. The fraction of sp³-hybridized carbons (Fsp3) is 0.0541. The molecule has 2 aliphatic carbocycles. The zero-order valence-corrected chi connectivity index (χ0v) is 36.0. The fourth-order valence-electron chi connectivity index (χ4n) is 7.11. The van der Waals surface area contributed by atoms with E-state index < -0.39 is 5.97 Å². The molecule has 0 aliphatic heterocycles. The molecule has 0 heterocycles. The van der Waals surface area contributed by atoms with Crippen molar-refractivity contribution >= 4 is 152 Å². The molecule has 2 nitrogen and oxygen atoms in total. The van der Waals surface area contributed by atoms with Gasteiger partial charge in [0.2, 0.25) is 0 Å². The highest BCUT2D eigenvalue weighted by atomic mass is 127. The van der Waals surface area contributed by atoms with Crippen molar-refractivity contribution in [2.45, 2.75) is 12.8 Å². The second-order valence-corrected chi connectivity index (χ2v) is 17.7. The number of carbonyl (C=O) groups is 1. The van der Waals surface area contributed by atoms with Crippen molar-refractivity contribution in [2.24, 2.45) is 0 Å². The summed E-state index contributed by atoms with van der Waals surface area (Å²) in [6.07, 6.45) is 1.60. The van der Waals surface area contributed by atoms with Gasteiger partial charge in [-0.15, -0.1) is 0 Å². The van der Waals surface area contributed by atoms with Gasteiger partial charge in [0, 0.05) is 49.2 Å². The van der Waals surface area contributed by atoms with Crippen LogP contribution in [0.3, 0.4) is 0 Å². The van der Waals surface area contributed by atoms with Crippen LogP contribution >= 0.6 is 136 Å². The summed E-state index contributed by atoms with van der Waals surface area (Å²) in [5, 5.41) is 12.8. The standard InChI is InChI=1S/C37H18I6O2/c38-31-25-19-10-4-1-7-16(19)13-22(25)27(33(40)35(31)42)23-14-18-9-3-6-12-21(18)30(37(44)45)28(23)29-24-15-17-8-2-5-11-20(17)26(24)32(39)36(43)34(29)41/h1-12,14H,13,15H2,(H,44,45). The molecule has 0 saturated heterocycles. The topological polar surface area (TPSA) is 37.3 Å². The molecule has 45 heavy (non-hydrogen) atoms. The molecule has 0 amide bonds. The smallest absolute Gasteiger partial charge is 0.336 e. The van der Waals surface area contributed by atoms with E-state index in [4.69, 9.17) is 0 Å². The summed E-state index contributed by atoms with van der Waals surface area (Å²) in [5.41, 5.74) is 14.6. The number of hydrogen-bond acceptors (Lipinski definition) is 1. The summed E-state index contributed by atoms with van der Waals surface area (Å²) in [6.45, 7) is 0. The maximum Gasteiger partial charge on any atom is 0.336 e. The third kappa shape index (κ3) is 4.81. The molecule has 0 unspecified atom stereocenters. The van der Waals surface area contributed by atoms with Crippen LogP contribution < -0.4 is 0 Å². The van der Waals surface area contributed by atoms with E-state index in [1.54, 1.807) is 0 Å². The third-order valence-electron chi connectivity index (χ3n) is 8.95.